The van der Waals surface area contributed by atoms with E-state index in [0.29, 0.717) is 11.8 Å². The number of carbonyl (C=O) groups is 1. The number of aryl methyl sites for hydroxylation is 1. The molecule has 1 aromatic carbocycles. The van der Waals surface area contributed by atoms with Crippen LogP contribution in [0, 0.1) is 24.7 Å². The van der Waals surface area contributed by atoms with Crippen LogP contribution >= 0.6 is 12.4 Å². The van der Waals surface area contributed by atoms with Gasteiger partial charge >= 0.3 is 0 Å². The number of carbonyl (C=O) groups excluding carboxylic acids is 1. The van der Waals surface area contributed by atoms with Crippen LogP contribution in [0.1, 0.15) is 24.8 Å². The Bertz CT molecular complexity index is 486. The third-order valence-corrected chi connectivity index (χ3v) is 5.02. The number of rotatable bonds is 2. The van der Waals surface area contributed by atoms with E-state index in [1.54, 1.807) is 4.90 Å². The molecule has 0 aromatic heterocycles. The van der Waals surface area contributed by atoms with Gasteiger partial charge in [0.25, 0.3) is 0 Å². The molecule has 2 fully saturated rings. The molecule has 0 saturated heterocycles. The minimum absolute atomic E-state index is 0. The zero-order valence-corrected chi connectivity index (χ0v) is 12.9. The van der Waals surface area contributed by atoms with Gasteiger partial charge in [-0.05, 0) is 50.2 Å². The molecule has 20 heavy (non-hydrogen) atoms. The molecule has 0 spiro atoms. The SMILES string of the molecule is Cc1ccc(N(C)C(=O)C2C3CCC(C3)C2N)cc1.Cl. The molecule has 3 rings (SSSR count). The smallest absolute Gasteiger partial charge is 0.231 e. The fraction of sp³-hybridized carbons (Fsp3) is 0.562. The normalized spacial score (nSPS) is 30.9. The van der Waals surface area contributed by atoms with Gasteiger partial charge in [-0.1, -0.05) is 17.7 Å². The first-order valence-corrected chi connectivity index (χ1v) is 7.17. The van der Waals surface area contributed by atoms with Crippen molar-refractivity contribution in [1.82, 2.24) is 0 Å². The highest BCUT2D eigenvalue weighted by Gasteiger charge is 2.49. The van der Waals surface area contributed by atoms with Gasteiger partial charge in [-0.2, -0.15) is 0 Å². The number of anilines is 1. The van der Waals surface area contributed by atoms with Gasteiger partial charge in [0, 0.05) is 18.8 Å². The number of nitrogens with zero attached hydrogens (tertiary/aromatic N) is 1. The average Bonchev–Trinajstić information content (AvgIpc) is 2.99. The molecule has 2 bridgehead atoms. The van der Waals surface area contributed by atoms with E-state index in [0.717, 1.165) is 12.1 Å². The van der Waals surface area contributed by atoms with E-state index >= 15 is 0 Å². The maximum atomic E-state index is 12.7. The Morgan fingerprint density at radius 3 is 2.35 bits per heavy atom. The van der Waals surface area contributed by atoms with Gasteiger partial charge in [0.15, 0.2) is 0 Å². The molecule has 0 heterocycles. The molecule has 2 aliphatic carbocycles. The van der Waals surface area contributed by atoms with Gasteiger partial charge in [-0.15, -0.1) is 12.4 Å². The fourth-order valence-electron chi connectivity index (χ4n) is 3.82. The van der Waals surface area contributed by atoms with E-state index in [1.807, 2.05) is 31.3 Å². The predicted octanol–water partition coefficient (Wildman–Crippen LogP) is 2.75. The van der Waals surface area contributed by atoms with E-state index in [-0.39, 0.29) is 30.3 Å². The molecule has 2 saturated carbocycles. The lowest BCUT2D eigenvalue weighted by Gasteiger charge is -2.30. The maximum Gasteiger partial charge on any atom is 0.231 e. The lowest BCUT2D eigenvalue weighted by atomic mass is 9.84. The van der Waals surface area contributed by atoms with E-state index in [1.165, 1.54) is 18.4 Å². The summed E-state index contributed by atoms with van der Waals surface area (Å²) in [5, 5.41) is 0. The summed E-state index contributed by atoms with van der Waals surface area (Å²) >= 11 is 0. The number of hydrogen-bond donors (Lipinski definition) is 1. The summed E-state index contributed by atoms with van der Waals surface area (Å²) in [6.07, 6.45) is 3.54. The third-order valence-electron chi connectivity index (χ3n) is 5.02. The summed E-state index contributed by atoms with van der Waals surface area (Å²) < 4.78 is 0. The molecule has 4 atom stereocenters. The van der Waals surface area contributed by atoms with E-state index in [4.69, 9.17) is 5.73 Å². The van der Waals surface area contributed by atoms with Crippen LogP contribution in [0.3, 0.4) is 0 Å². The molecule has 2 aliphatic rings. The van der Waals surface area contributed by atoms with Gasteiger partial charge in [0.2, 0.25) is 5.91 Å². The second kappa shape index (κ2) is 5.74. The van der Waals surface area contributed by atoms with Crippen molar-refractivity contribution < 1.29 is 4.79 Å². The molecular weight excluding hydrogens is 272 g/mol. The Kier molecular flexibility index (Phi) is 4.40. The van der Waals surface area contributed by atoms with Crippen LogP contribution in [0.25, 0.3) is 0 Å². The Balaban J connectivity index is 0.00000147. The lowest BCUT2D eigenvalue weighted by Crippen LogP contribution is -2.46. The summed E-state index contributed by atoms with van der Waals surface area (Å²) in [6, 6.07) is 8.16. The summed E-state index contributed by atoms with van der Waals surface area (Å²) in [5.74, 6) is 1.32. The quantitative estimate of drug-likeness (QED) is 0.912. The highest BCUT2D eigenvalue weighted by Crippen LogP contribution is 2.48. The first kappa shape index (κ1) is 15.3. The average molecular weight is 295 g/mol. The van der Waals surface area contributed by atoms with Crippen LogP contribution in [0.4, 0.5) is 5.69 Å². The molecule has 0 radical (unpaired) electrons. The Morgan fingerprint density at radius 2 is 1.80 bits per heavy atom. The molecule has 2 N–H and O–H groups in total. The second-order valence-corrected chi connectivity index (χ2v) is 6.17. The minimum atomic E-state index is 0. The number of halogens is 1. The van der Waals surface area contributed by atoms with E-state index in [2.05, 4.69) is 6.92 Å². The van der Waals surface area contributed by atoms with Crippen molar-refractivity contribution in [3.8, 4) is 0 Å². The van der Waals surface area contributed by atoms with Crippen LogP contribution in [0.15, 0.2) is 24.3 Å². The zero-order chi connectivity index (χ0) is 13.6. The number of fused-ring (bicyclic) bond motifs is 2. The Labute approximate surface area is 126 Å². The Morgan fingerprint density at radius 1 is 1.20 bits per heavy atom. The largest absolute Gasteiger partial charge is 0.327 e. The highest BCUT2D eigenvalue weighted by atomic mass is 35.5. The zero-order valence-electron chi connectivity index (χ0n) is 12.1. The summed E-state index contributed by atoms with van der Waals surface area (Å²) in [5.41, 5.74) is 8.43. The van der Waals surface area contributed by atoms with Crippen LogP contribution in [0.2, 0.25) is 0 Å². The molecule has 110 valence electrons. The summed E-state index contributed by atoms with van der Waals surface area (Å²) in [4.78, 5) is 14.5. The van der Waals surface area contributed by atoms with Crippen molar-refractivity contribution in [3.63, 3.8) is 0 Å². The monoisotopic (exact) mass is 294 g/mol. The maximum absolute atomic E-state index is 12.7. The summed E-state index contributed by atoms with van der Waals surface area (Å²) in [7, 11) is 1.87. The van der Waals surface area contributed by atoms with Crippen LogP contribution in [0.5, 0.6) is 0 Å². The first-order chi connectivity index (χ1) is 9.08. The van der Waals surface area contributed by atoms with Crippen LogP contribution in [-0.4, -0.2) is 19.0 Å². The second-order valence-electron chi connectivity index (χ2n) is 6.17. The molecule has 4 unspecified atom stereocenters. The van der Waals surface area contributed by atoms with Gasteiger partial charge in [0.05, 0.1) is 5.92 Å². The van der Waals surface area contributed by atoms with Crippen molar-refractivity contribution >= 4 is 24.0 Å². The van der Waals surface area contributed by atoms with Crippen molar-refractivity contribution in [2.24, 2.45) is 23.5 Å². The van der Waals surface area contributed by atoms with Crippen molar-refractivity contribution in [3.05, 3.63) is 29.8 Å². The minimum Gasteiger partial charge on any atom is -0.327 e. The van der Waals surface area contributed by atoms with Gasteiger partial charge in [-0.3, -0.25) is 4.79 Å². The van der Waals surface area contributed by atoms with E-state index in [9.17, 15) is 4.79 Å². The highest BCUT2D eigenvalue weighted by molar-refractivity contribution is 5.95. The topological polar surface area (TPSA) is 46.3 Å². The third kappa shape index (κ3) is 2.45. The van der Waals surface area contributed by atoms with Crippen molar-refractivity contribution in [2.75, 3.05) is 11.9 Å². The number of nitrogens with two attached hydrogens (primary N) is 1. The molecule has 3 nitrogen and oxygen atoms in total. The number of hydrogen-bond acceptors (Lipinski definition) is 2. The Hall–Kier alpha value is -1.06. The van der Waals surface area contributed by atoms with Crippen LogP contribution in [-0.2, 0) is 4.79 Å². The van der Waals surface area contributed by atoms with Gasteiger partial charge in [-0.25, -0.2) is 0 Å². The molecule has 1 aromatic rings. The number of amides is 1. The predicted molar refractivity (Wildman–Crippen MR) is 84.1 cm³/mol. The molecule has 1 amide bonds. The standard InChI is InChI=1S/C16H22N2O.ClH/c1-10-3-7-13(8-4-10)18(2)16(19)14-11-5-6-12(9-11)15(14)17;/h3-4,7-8,11-12,14-15H,5-6,9,17H2,1-2H3;1H. The fourth-order valence-corrected chi connectivity index (χ4v) is 3.82. The lowest BCUT2D eigenvalue weighted by molar-refractivity contribution is -0.124. The van der Waals surface area contributed by atoms with Gasteiger partial charge in [0.1, 0.15) is 0 Å². The van der Waals surface area contributed by atoms with Crippen molar-refractivity contribution in [1.29, 1.82) is 0 Å². The first-order valence-electron chi connectivity index (χ1n) is 7.17. The van der Waals surface area contributed by atoms with Gasteiger partial charge < -0.3 is 10.6 Å². The molecule has 0 aliphatic heterocycles. The van der Waals surface area contributed by atoms with Crippen molar-refractivity contribution in [2.45, 2.75) is 32.2 Å². The number of benzene rings is 1. The van der Waals surface area contributed by atoms with Crippen LogP contribution < -0.4 is 10.6 Å². The molecule has 4 heteroatoms. The molecular formula is C16H23ClN2O. The summed E-state index contributed by atoms with van der Waals surface area (Å²) in [6.45, 7) is 2.05. The van der Waals surface area contributed by atoms with E-state index < -0.39 is 0 Å².